The lowest BCUT2D eigenvalue weighted by Crippen LogP contribution is -2.18. The van der Waals surface area contributed by atoms with Crippen molar-refractivity contribution >= 4 is 11.8 Å². The number of aromatic nitrogens is 1. The van der Waals surface area contributed by atoms with Gasteiger partial charge in [-0.3, -0.25) is 4.79 Å². The zero-order valence-corrected chi connectivity index (χ0v) is 12.4. The fourth-order valence-electron chi connectivity index (χ4n) is 3.11. The Morgan fingerprint density at radius 3 is 2.59 bits per heavy atom. The molecule has 1 aliphatic rings. The van der Waals surface area contributed by atoms with Gasteiger partial charge in [-0.2, -0.15) is 0 Å². The molecule has 1 aromatic carbocycles. The predicted octanol–water partition coefficient (Wildman–Crippen LogP) is 3.16. The molecule has 0 radical (unpaired) electrons. The number of H-pyrrole nitrogens is 1. The molecule has 0 saturated heterocycles. The second-order valence-electron chi connectivity index (χ2n) is 5.55. The van der Waals surface area contributed by atoms with E-state index in [9.17, 15) is 14.0 Å². The van der Waals surface area contributed by atoms with Crippen LogP contribution in [0.3, 0.4) is 0 Å². The maximum Gasteiger partial charge on any atom is 0.354 e. The highest BCUT2D eigenvalue weighted by Crippen LogP contribution is 2.35. The highest BCUT2D eigenvalue weighted by atomic mass is 19.1. The van der Waals surface area contributed by atoms with Crippen LogP contribution in [0, 0.1) is 12.7 Å². The van der Waals surface area contributed by atoms with Gasteiger partial charge in [0.15, 0.2) is 5.78 Å². The molecule has 0 aliphatic heterocycles. The van der Waals surface area contributed by atoms with E-state index in [1.54, 1.807) is 19.1 Å². The molecular formula is C17H16FNO3. The van der Waals surface area contributed by atoms with Gasteiger partial charge in [-0.05, 0) is 42.5 Å². The lowest BCUT2D eigenvalue weighted by atomic mass is 9.81. The summed E-state index contributed by atoms with van der Waals surface area (Å²) < 4.78 is 17.8. The number of benzene rings is 1. The van der Waals surface area contributed by atoms with E-state index >= 15 is 0 Å². The van der Waals surface area contributed by atoms with Crippen molar-refractivity contribution in [2.75, 3.05) is 7.11 Å². The van der Waals surface area contributed by atoms with Crippen LogP contribution >= 0.6 is 0 Å². The van der Waals surface area contributed by atoms with Crippen molar-refractivity contribution in [2.45, 2.75) is 25.7 Å². The Bertz CT molecular complexity index is 746. The van der Waals surface area contributed by atoms with Crippen molar-refractivity contribution in [1.82, 2.24) is 4.98 Å². The van der Waals surface area contributed by atoms with E-state index in [-0.39, 0.29) is 17.5 Å². The van der Waals surface area contributed by atoms with Crippen LogP contribution in [0.15, 0.2) is 24.3 Å². The first-order chi connectivity index (χ1) is 10.5. The highest BCUT2D eigenvalue weighted by Gasteiger charge is 2.32. The summed E-state index contributed by atoms with van der Waals surface area (Å²) in [7, 11) is 1.31. The molecule has 1 atom stereocenters. The SMILES string of the molecule is COC(=O)c1[nH]c2c(c1C)C(=O)C[C@H](c1ccc(F)cc1)C2. The summed E-state index contributed by atoms with van der Waals surface area (Å²) in [5.41, 5.74) is 3.25. The summed E-state index contributed by atoms with van der Waals surface area (Å²) in [5.74, 6) is -0.781. The van der Waals surface area contributed by atoms with Crippen molar-refractivity contribution in [1.29, 1.82) is 0 Å². The third-order valence-corrected chi connectivity index (χ3v) is 4.22. The smallest absolute Gasteiger partial charge is 0.354 e. The lowest BCUT2D eigenvalue weighted by Gasteiger charge is -2.22. The number of Topliss-reactive ketones (excluding diaryl/α,β-unsaturated/α-hetero) is 1. The quantitative estimate of drug-likeness (QED) is 0.867. The molecule has 1 heterocycles. The van der Waals surface area contributed by atoms with Gasteiger partial charge in [0.25, 0.3) is 0 Å². The van der Waals surface area contributed by atoms with Crippen LogP contribution in [-0.4, -0.2) is 23.8 Å². The van der Waals surface area contributed by atoms with Gasteiger partial charge in [-0.15, -0.1) is 0 Å². The summed E-state index contributed by atoms with van der Waals surface area (Å²) in [6, 6.07) is 6.20. The molecule has 1 aromatic heterocycles. The summed E-state index contributed by atoms with van der Waals surface area (Å²) in [4.78, 5) is 27.2. The number of carbonyl (C=O) groups is 2. The van der Waals surface area contributed by atoms with Gasteiger partial charge < -0.3 is 9.72 Å². The number of esters is 1. The van der Waals surface area contributed by atoms with E-state index in [1.165, 1.54) is 19.2 Å². The zero-order chi connectivity index (χ0) is 15.9. The average Bonchev–Trinajstić information content (AvgIpc) is 2.84. The van der Waals surface area contributed by atoms with Gasteiger partial charge >= 0.3 is 5.97 Å². The zero-order valence-electron chi connectivity index (χ0n) is 12.4. The first-order valence-corrected chi connectivity index (χ1v) is 7.09. The molecule has 0 fully saturated rings. The number of ketones is 1. The van der Waals surface area contributed by atoms with E-state index in [0.717, 1.165) is 11.3 Å². The molecule has 0 amide bonds. The average molecular weight is 301 g/mol. The molecule has 1 N–H and O–H groups in total. The lowest BCUT2D eigenvalue weighted by molar-refractivity contribution is 0.0593. The number of aromatic amines is 1. The molecular weight excluding hydrogens is 285 g/mol. The van der Waals surface area contributed by atoms with Gasteiger partial charge in [0.1, 0.15) is 11.5 Å². The second-order valence-corrected chi connectivity index (χ2v) is 5.55. The fourth-order valence-corrected chi connectivity index (χ4v) is 3.11. The Balaban J connectivity index is 1.97. The number of methoxy groups -OCH3 is 1. The third kappa shape index (κ3) is 2.32. The number of carbonyl (C=O) groups excluding carboxylic acids is 2. The van der Waals surface area contributed by atoms with Crippen molar-refractivity contribution in [3.8, 4) is 0 Å². The van der Waals surface area contributed by atoms with E-state index in [1.807, 2.05) is 0 Å². The topological polar surface area (TPSA) is 59.2 Å². The second kappa shape index (κ2) is 5.40. The van der Waals surface area contributed by atoms with Gasteiger partial charge in [-0.1, -0.05) is 12.1 Å². The number of ether oxygens (including phenoxy) is 1. The van der Waals surface area contributed by atoms with Crippen molar-refractivity contribution in [3.63, 3.8) is 0 Å². The fraction of sp³-hybridized carbons (Fsp3) is 0.294. The van der Waals surface area contributed by atoms with E-state index in [0.29, 0.717) is 29.7 Å². The Labute approximate surface area is 127 Å². The van der Waals surface area contributed by atoms with Crippen LogP contribution in [0.25, 0.3) is 0 Å². The summed E-state index contributed by atoms with van der Waals surface area (Å²) in [6.45, 7) is 1.75. The van der Waals surface area contributed by atoms with Crippen LogP contribution in [0.4, 0.5) is 4.39 Å². The molecule has 114 valence electrons. The molecule has 0 spiro atoms. The van der Waals surface area contributed by atoms with Gasteiger partial charge in [0, 0.05) is 17.7 Å². The van der Waals surface area contributed by atoms with E-state index in [2.05, 4.69) is 4.98 Å². The van der Waals surface area contributed by atoms with Crippen LogP contribution in [0.1, 0.15) is 50.0 Å². The molecule has 3 rings (SSSR count). The molecule has 2 aromatic rings. The van der Waals surface area contributed by atoms with Crippen LogP contribution in [0.5, 0.6) is 0 Å². The highest BCUT2D eigenvalue weighted by molar-refractivity contribution is 6.03. The summed E-state index contributed by atoms with van der Waals surface area (Å²) in [6.07, 6.45) is 0.975. The number of fused-ring (bicyclic) bond motifs is 1. The Morgan fingerprint density at radius 1 is 1.27 bits per heavy atom. The number of halogens is 1. The minimum Gasteiger partial charge on any atom is -0.464 e. The van der Waals surface area contributed by atoms with E-state index in [4.69, 9.17) is 4.74 Å². The monoisotopic (exact) mass is 301 g/mol. The molecule has 4 nitrogen and oxygen atoms in total. The molecule has 5 heteroatoms. The number of hydrogen-bond donors (Lipinski definition) is 1. The Kier molecular flexibility index (Phi) is 3.56. The van der Waals surface area contributed by atoms with Gasteiger partial charge in [0.2, 0.25) is 0 Å². The molecule has 0 saturated carbocycles. The number of hydrogen-bond acceptors (Lipinski definition) is 3. The van der Waals surface area contributed by atoms with Crippen LogP contribution in [-0.2, 0) is 11.2 Å². The predicted molar refractivity (Wildman–Crippen MR) is 78.7 cm³/mol. The first-order valence-electron chi connectivity index (χ1n) is 7.09. The Hall–Kier alpha value is -2.43. The summed E-state index contributed by atoms with van der Waals surface area (Å²) in [5, 5.41) is 0. The van der Waals surface area contributed by atoms with Gasteiger partial charge in [0.05, 0.1) is 7.11 Å². The maximum atomic E-state index is 13.0. The molecule has 1 aliphatic carbocycles. The maximum absolute atomic E-state index is 13.0. The van der Waals surface area contributed by atoms with Crippen LogP contribution < -0.4 is 0 Å². The van der Waals surface area contributed by atoms with Crippen LogP contribution in [0.2, 0.25) is 0 Å². The molecule has 22 heavy (non-hydrogen) atoms. The minimum absolute atomic E-state index is 0.000483. The Morgan fingerprint density at radius 2 is 1.95 bits per heavy atom. The van der Waals surface area contributed by atoms with Gasteiger partial charge in [-0.25, -0.2) is 9.18 Å². The van der Waals surface area contributed by atoms with E-state index < -0.39 is 5.97 Å². The van der Waals surface area contributed by atoms with Crippen molar-refractivity contribution in [2.24, 2.45) is 0 Å². The third-order valence-electron chi connectivity index (χ3n) is 4.22. The molecule has 0 bridgehead atoms. The minimum atomic E-state index is -0.474. The van der Waals surface area contributed by atoms with Crippen molar-refractivity contribution in [3.05, 3.63) is 58.2 Å². The molecule has 0 unspecified atom stereocenters. The number of nitrogens with one attached hydrogen (secondary N) is 1. The first kappa shape index (κ1) is 14.5. The largest absolute Gasteiger partial charge is 0.464 e. The normalized spacial score (nSPS) is 17.2. The standard InChI is InChI=1S/C17H16FNO3/c1-9-15-13(19-16(9)17(21)22-2)7-11(8-14(15)20)10-3-5-12(18)6-4-10/h3-6,11,19H,7-8H2,1-2H3/t11-/m1/s1. The summed E-state index contributed by atoms with van der Waals surface area (Å²) >= 11 is 0. The number of rotatable bonds is 2. The van der Waals surface area contributed by atoms with Crippen molar-refractivity contribution < 1.29 is 18.7 Å².